The molecule has 1 atom stereocenters. The van der Waals surface area contributed by atoms with Gasteiger partial charge in [-0.05, 0) is 80.9 Å². The second-order valence-corrected chi connectivity index (χ2v) is 13.4. The molecular weight excluding hydrogens is 555 g/mol. The number of carbonyl (C=O) groups is 2. The van der Waals surface area contributed by atoms with E-state index in [-0.39, 0.29) is 18.4 Å². The van der Waals surface area contributed by atoms with Crippen LogP contribution < -0.4 is 15.4 Å². The van der Waals surface area contributed by atoms with Gasteiger partial charge >= 0.3 is 0 Å². The van der Waals surface area contributed by atoms with Gasteiger partial charge in [-0.3, -0.25) is 14.5 Å². The normalized spacial score (nSPS) is 15.0. The zero-order valence-electron chi connectivity index (χ0n) is 24.8. The van der Waals surface area contributed by atoms with Gasteiger partial charge in [-0.2, -0.15) is 11.8 Å². The van der Waals surface area contributed by atoms with Crippen molar-refractivity contribution >= 4 is 35.3 Å². The molecule has 9 heteroatoms. The minimum atomic E-state index is -0.794. The number of aliphatic hydroxyl groups is 1. The van der Waals surface area contributed by atoms with E-state index in [2.05, 4.69) is 10.6 Å². The van der Waals surface area contributed by atoms with Gasteiger partial charge < -0.3 is 20.5 Å². The van der Waals surface area contributed by atoms with Crippen molar-refractivity contribution < 1.29 is 19.4 Å². The van der Waals surface area contributed by atoms with E-state index in [0.717, 1.165) is 22.8 Å². The number of amides is 2. The molecule has 0 heterocycles. The molecule has 41 heavy (non-hydrogen) atoms. The predicted octanol–water partition coefficient (Wildman–Crippen LogP) is 5.68. The fourth-order valence-corrected chi connectivity index (χ4v) is 6.61. The molecule has 1 saturated carbocycles. The number of nitrogens with one attached hydrogen (secondary N) is 2. The Morgan fingerprint density at radius 2 is 1.73 bits per heavy atom. The maximum atomic E-state index is 13.3. The molecule has 0 saturated heterocycles. The summed E-state index contributed by atoms with van der Waals surface area (Å²) in [5, 5.41) is 16.2. The summed E-state index contributed by atoms with van der Waals surface area (Å²) < 4.78 is 5.86. The van der Waals surface area contributed by atoms with Gasteiger partial charge in [0.25, 0.3) is 0 Å². The molecule has 0 aliphatic heterocycles. The van der Waals surface area contributed by atoms with Crippen LogP contribution in [-0.4, -0.2) is 70.2 Å². The number of nitrogens with zero attached hydrogens (tertiary/aromatic N) is 1. The summed E-state index contributed by atoms with van der Waals surface area (Å²) >= 11 is 3.40. The Morgan fingerprint density at radius 1 is 1.05 bits per heavy atom. The molecule has 2 aromatic carbocycles. The maximum absolute atomic E-state index is 13.3. The van der Waals surface area contributed by atoms with Crippen LogP contribution >= 0.6 is 23.5 Å². The molecular formula is C32H47N3O4S2. The minimum Gasteiger partial charge on any atom is -0.457 e. The van der Waals surface area contributed by atoms with Crippen LogP contribution in [0.2, 0.25) is 0 Å². The van der Waals surface area contributed by atoms with Crippen molar-refractivity contribution in [2.45, 2.75) is 70.6 Å². The molecule has 1 aliphatic rings. The number of thioether (sulfide) groups is 2. The summed E-state index contributed by atoms with van der Waals surface area (Å²) in [6.07, 6.45) is 8.97. The first-order valence-electron chi connectivity index (χ1n) is 14.6. The van der Waals surface area contributed by atoms with Crippen LogP contribution in [-0.2, 0) is 16.1 Å². The summed E-state index contributed by atoms with van der Waals surface area (Å²) in [7, 11) is 0. The second kappa shape index (κ2) is 17.7. The maximum Gasteiger partial charge on any atom is 0.243 e. The highest BCUT2D eigenvalue weighted by Gasteiger charge is 2.24. The number of hydrogen-bond donors (Lipinski definition) is 3. The van der Waals surface area contributed by atoms with Crippen molar-refractivity contribution in [3.8, 4) is 11.5 Å². The molecule has 0 unspecified atom stereocenters. The van der Waals surface area contributed by atoms with Gasteiger partial charge in [-0.15, -0.1) is 11.8 Å². The van der Waals surface area contributed by atoms with Crippen LogP contribution in [0.3, 0.4) is 0 Å². The van der Waals surface area contributed by atoms with E-state index in [1.54, 1.807) is 37.4 Å². The van der Waals surface area contributed by atoms with Gasteiger partial charge in [-0.25, -0.2) is 0 Å². The van der Waals surface area contributed by atoms with Crippen molar-refractivity contribution in [3.63, 3.8) is 0 Å². The SMILES string of the molecule is CSCN(CCC(C)(C)O)CC(=O)N[C@@H](CSCC1CCCCC1)C(=O)NCc1ccc(Oc2ccccc2)cc1. The molecule has 0 spiro atoms. The van der Waals surface area contributed by atoms with Crippen molar-refractivity contribution in [1.29, 1.82) is 0 Å². The predicted molar refractivity (Wildman–Crippen MR) is 172 cm³/mol. The smallest absolute Gasteiger partial charge is 0.243 e. The molecule has 0 aromatic heterocycles. The van der Waals surface area contributed by atoms with Crippen LogP contribution in [0.15, 0.2) is 54.6 Å². The molecule has 0 radical (unpaired) electrons. The third-order valence-electron chi connectivity index (χ3n) is 7.10. The first-order valence-corrected chi connectivity index (χ1v) is 17.2. The van der Waals surface area contributed by atoms with E-state index in [4.69, 9.17) is 4.74 Å². The third kappa shape index (κ3) is 13.5. The quantitative estimate of drug-likeness (QED) is 0.201. The summed E-state index contributed by atoms with van der Waals surface area (Å²) in [6, 6.07) is 16.7. The zero-order valence-corrected chi connectivity index (χ0v) is 26.4. The van der Waals surface area contributed by atoms with Gasteiger partial charge in [0.05, 0.1) is 12.1 Å². The van der Waals surface area contributed by atoms with Gasteiger partial charge in [0.2, 0.25) is 11.8 Å². The minimum absolute atomic E-state index is 0.171. The van der Waals surface area contributed by atoms with E-state index in [1.165, 1.54) is 32.1 Å². The Morgan fingerprint density at radius 3 is 2.39 bits per heavy atom. The molecule has 2 aromatic rings. The van der Waals surface area contributed by atoms with Gasteiger partial charge in [0.15, 0.2) is 0 Å². The fourth-order valence-electron chi connectivity index (χ4n) is 4.75. The van der Waals surface area contributed by atoms with E-state index < -0.39 is 11.6 Å². The van der Waals surface area contributed by atoms with E-state index >= 15 is 0 Å². The van der Waals surface area contributed by atoms with E-state index in [0.29, 0.717) is 37.1 Å². The number of hydrogen-bond acceptors (Lipinski definition) is 7. The molecule has 0 bridgehead atoms. The summed E-state index contributed by atoms with van der Waals surface area (Å²) in [6.45, 7) is 4.72. The second-order valence-electron chi connectivity index (χ2n) is 11.5. The molecule has 2 amide bonds. The van der Waals surface area contributed by atoms with Crippen LogP contribution in [0.4, 0.5) is 0 Å². The molecule has 3 rings (SSSR count). The van der Waals surface area contributed by atoms with Crippen LogP contribution in [0.25, 0.3) is 0 Å². The van der Waals surface area contributed by atoms with Gasteiger partial charge in [0.1, 0.15) is 17.5 Å². The monoisotopic (exact) mass is 601 g/mol. The Hall–Kier alpha value is -2.20. The van der Waals surface area contributed by atoms with Gasteiger partial charge in [0, 0.05) is 24.7 Å². The zero-order chi connectivity index (χ0) is 29.5. The molecule has 1 fully saturated rings. The highest BCUT2D eigenvalue weighted by molar-refractivity contribution is 7.99. The Labute approximate surface area is 254 Å². The Kier molecular flexibility index (Phi) is 14.4. The van der Waals surface area contributed by atoms with Crippen LogP contribution in [0.5, 0.6) is 11.5 Å². The number of para-hydroxylation sites is 1. The van der Waals surface area contributed by atoms with Crippen LogP contribution in [0.1, 0.15) is 57.9 Å². The molecule has 226 valence electrons. The summed E-state index contributed by atoms with van der Waals surface area (Å²) in [5.74, 6) is 4.10. The molecule has 3 N–H and O–H groups in total. The third-order valence-corrected chi connectivity index (χ3v) is 9.00. The number of ether oxygens (including phenoxy) is 1. The lowest BCUT2D eigenvalue weighted by Crippen LogP contribution is -2.51. The first-order chi connectivity index (χ1) is 19.7. The Balaban J connectivity index is 1.55. The fraction of sp³-hybridized carbons (Fsp3) is 0.562. The largest absolute Gasteiger partial charge is 0.457 e. The van der Waals surface area contributed by atoms with E-state index in [1.807, 2.05) is 65.8 Å². The van der Waals surface area contributed by atoms with Crippen molar-refractivity contribution in [3.05, 3.63) is 60.2 Å². The van der Waals surface area contributed by atoms with Crippen molar-refractivity contribution in [1.82, 2.24) is 15.5 Å². The number of benzene rings is 2. The van der Waals surface area contributed by atoms with E-state index in [9.17, 15) is 14.7 Å². The standard InChI is InChI=1S/C32H47N3O4S2/c1-32(2,38)18-19-35(24-40-3)21-30(36)34-29(23-41-22-26-10-6-4-7-11-26)31(37)33-20-25-14-16-28(17-15-25)39-27-12-8-5-9-13-27/h5,8-9,12-17,26,29,38H,4,6-7,10-11,18-24H2,1-3H3,(H,33,37)(H,34,36)/t29-/m0/s1. The van der Waals surface area contributed by atoms with Gasteiger partial charge in [-0.1, -0.05) is 49.6 Å². The lowest BCUT2D eigenvalue weighted by atomic mass is 9.91. The number of rotatable bonds is 17. The highest BCUT2D eigenvalue weighted by Crippen LogP contribution is 2.27. The average molecular weight is 602 g/mol. The van der Waals surface area contributed by atoms with Crippen LogP contribution in [0, 0.1) is 5.92 Å². The highest BCUT2D eigenvalue weighted by atomic mass is 32.2. The molecule has 1 aliphatic carbocycles. The lowest BCUT2D eigenvalue weighted by Gasteiger charge is -2.26. The lowest BCUT2D eigenvalue weighted by molar-refractivity contribution is -0.129. The average Bonchev–Trinajstić information content (AvgIpc) is 2.96. The van der Waals surface area contributed by atoms with Crippen molar-refractivity contribution in [2.75, 3.05) is 36.7 Å². The summed E-state index contributed by atoms with van der Waals surface area (Å²) in [5.41, 5.74) is 0.161. The topological polar surface area (TPSA) is 90.9 Å². The summed E-state index contributed by atoms with van der Waals surface area (Å²) in [4.78, 5) is 28.4. The first kappa shape index (κ1) is 33.3. The van der Waals surface area contributed by atoms with Crippen molar-refractivity contribution in [2.24, 2.45) is 5.92 Å². The number of carbonyl (C=O) groups excluding carboxylic acids is 2. The Bertz CT molecular complexity index is 1040. The molecule has 7 nitrogen and oxygen atoms in total.